The smallest absolute Gasteiger partial charge is 0.251 e. The van der Waals surface area contributed by atoms with E-state index in [1.54, 1.807) is 37.9 Å². The van der Waals surface area contributed by atoms with Crippen molar-refractivity contribution in [2.24, 2.45) is 0 Å². The second kappa shape index (κ2) is 9.75. The molecule has 0 saturated heterocycles. The third-order valence-corrected chi connectivity index (χ3v) is 4.75. The fourth-order valence-corrected chi connectivity index (χ4v) is 3.19. The van der Waals surface area contributed by atoms with Crippen LogP contribution in [0, 0.1) is 0 Å². The molecule has 0 atom stereocenters. The van der Waals surface area contributed by atoms with Crippen LogP contribution in [0.15, 0.2) is 53.4 Å². The van der Waals surface area contributed by atoms with Crippen LogP contribution < -0.4 is 19.5 Å². The molecule has 3 aromatic rings. The van der Waals surface area contributed by atoms with Crippen LogP contribution in [0.5, 0.6) is 17.2 Å². The van der Waals surface area contributed by atoms with Crippen molar-refractivity contribution in [3.8, 4) is 17.2 Å². The number of ether oxygens (including phenoxy) is 3. The number of amides is 1. The fourth-order valence-electron chi connectivity index (χ4n) is 2.65. The van der Waals surface area contributed by atoms with Gasteiger partial charge in [-0.1, -0.05) is 12.1 Å². The Morgan fingerprint density at radius 1 is 1.11 bits per heavy atom. The van der Waals surface area contributed by atoms with E-state index >= 15 is 0 Å². The molecule has 7 heteroatoms. The molecule has 0 spiro atoms. The number of rotatable bonds is 9. The van der Waals surface area contributed by atoms with Crippen molar-refractivity contribution in [2.45, 2.75) is 13.0 Å². The molecular weight excluding hydrogens is 376 g/mol. The Hall–Kier alpha value is -3.06. The molecule has 0 aliphatic rings. The largest absolute Gasteiger partial charge is 0.493 e. The van der Waals surface area contributed by atoms with Crippen LogP contribution in [0.4, 0.5) is 0 Å². The first-order valence-electron chi connectivity index (χ1n) is 8.78. The number of hydrogen-bond donors (Lipinski definition) is 1. The van der Waals surface area contributed by atoms with Gasteiger partial charge >= 0.3 is 0 Å². The van der Waals surface area contributed by atoms with E-state index in [1.807, 2.05) is 29.6 Å². The first kappa shape index (κ1) is 19.7. The molecular formula is C21H22N2O4S. The maximum absolute atomic E-state index is 12.4. The zero-order valence-corrected chi connectivity index (χ0v) is 16.6. The summed E-state index contributed by atoms with van der Waals surface area (Å²) in [6.45, 7) is 0.895. The zero-order chi connectivity index (χ0) is 19.8. The number of aromatic nitrogens is 1. The molecule has 1 N–H and O–H groups in total. The Bertz CT molecular complexity index is 913. The summed E-state index contributed by atoms with van der Waals surface area (Å²) >= 11 is 1.52. The average Bonchev–Trinajstić information content (AvgIpc) is 3.26. The Morgan fingerprint density at radius 2 is 1.96 bits per heavy atom. The standard InChI is InChI=1S/C21H22N2O4S/c1-25-19-7-6-15(10-20(19)26-2)8-9-22-21(24)16-4-3-5-18(11-16)27-12-17-13-28-14-23-17/h3-7,10-11,13-14H,8-9,12H2,1-2H3,(H,22,24). The van der Waals surface area contributed by atoms with Crippen molar-refractivity contribution >= 4 is 17.2 Å². The van der Waals surface area contributed by atoms with Crippen molar-refractivity contribution in [3.63, 3.8) is 0 Å². The summed E-state index contributed by atoms with van der Waals surface area (Å²) in [7, 11) is 3.21. The van der Waals surface area contributed by atoms with E-state index < -0.39 is 0 Å². The highest BCUT2D eigenvalue weighted by Gasteiger charge is 2.08. The van der Waals surface area contributed by atoms with Gasteiger partial charge in [-0.3, -0.25) is 4.79 Å². The van der Waals surface area contributed by atoms with Gasteiger partial charge in [0.1, 0.15) is 12.4 Å². The minimum absolute atomic E-state index is 0.139. The molecule has 0 fully saturated rings. The molecule has 6 nitrogen and oxygen atoms in total. The van der Waals surface area contributed by atoms with Gasteiger partial charge in [0.2, 0.25) is 0 Å². The predicted molar refractivity (Wildman–Crippen MR) is 108 cm³/mol. The second-order valence-electron chi connectivity index (χ2n) is 5.99. The van der Waals surface area contributed by atoms with Crippen LogP contribution in [0.2, 0.25) is 0 Å². The van der Waals surface area contributed by atoms with Crippen molar-refractivity contribution in [2.75, 3.05) is 20.8 Å². The molecule has 0 bridgehead atoms. The summed E-state index contributed by atoms with van der Waals surface area (Å²) in [5.74, 6) is 1.86. The Labute approximate surface area is 168 Å². The number of nitrogens with zero attached hydrogens (tertiary/aromatic N) is 1. The number of hydrogen-bond acceptors (Lipinski definition) is 6. The molecule has 0 saturated carbocycles. The summed E-state index contributed by atoms with van der Waals surface area (Å²) in [5.41, 5.74) is 4.25. The second-order valence-corrected chi connectivity index (χ2v) is 6.71. The lowest BCUT2D eigenvalue weighted by Crippen LogP contribution is -2.25. The molecule has 0 unspecified atom stereocenters. The lowest BCUT2D eigenvalue weighted by Gasteiger charge is -2.10. The first-order chi connectivity index (χ1) is 13.7. The molecule has 28 heavy (non-hydrogen) atoms. The summed E-state index contributed by atoms with van der Waals surface area (Å²) in [6, 6.07) is 12.9. The average molecular weight is 398 g/mol. The van der Waals surface area contributed by atoms with E-state index in [-0.39, 0.29) is 5.91 Å². The molecule has 1 heterocycles. The molecule has 0 aliphatic heterocycles. The van der Waals surface area contributed by atoms with Crippen LogP contribution in [0.25, 0.3) is 0 Å². The van der Waals surface area contributed by atoms with E-state index in [0.29, 0.717) is 42.4 Å². The topological polar surface area (TPSA) is 69.7 Å². The number of carbonyl (C=O) groups excluding carboxylic acids is 1. The van der Waals surface area contributed by atoms with Crippen LogP contribution in [0.3, 0.4) is 0 Å². The summed E-state index contributed by atoms with van der Waals surface area (Å²) in [6.07, 6.45) is 0.687. The number of thiazole rings is 1. The lowest BCUT2D eigenvalue weighted by atomic mass is 10.1. The van der Waals surface area contributed by atoms with Gasteiger partial charge in [-0.2, -0.15) is 0 Å². The van der Waals surface area contributed by atoms with Crippen molar-refractivity contribution < 1.29 is 19.0 Å². The van der Waals surface area contributed by atoms with Crippen LogP contribution in [-0.4, -0.2) is 31.7 Å². The maximum Gasteiger partial charge on any atom is 0.251 e. The summed E-state index contributed by atoms with van der Waals surface area (Å²) < 4.78 is 16.2. The van der Waals surface area contributed by atoms with E-state index in [9.17, 15) is 4.79 Å². The maximum atomic E-state index is 12.4. The van der Waals surface area contributed by atoms with Crippen molar-refractivity contribution in [1.29, 1.82) is 0 Å². The van der Waals surface area contributed by atoms with Crippen molar-refractivity contribution in [3.05, 3.63) is 70.2 Å². The van der Waals surface area contributed by atoms with E-state index in [4.69, 9.17) is 14.2 Å². The molecule has 2 aromatic carbocycles. The molecule has 1 amide bonds. The third-order valence-electron chi connectivity index (χ3n) is 4.11. The predicted octanol–water partition coefficient (Wildman–Crippen LogP) is 3.71. The normalized spacial score (nSPS) is 10.4. The molecule has 0 radical (unpaired) electrons. The van der Waals surface area contributed by atoms with E-state index in [2.05, 4.69) is 10.3 Å². The summed E-state index contributed by atoms with van der Waals surface area (Å²) in [5, 5.41) is 4.87. The van der Waals surface area contributed by atoms with Gasteiger partial charge in [-0.05, 0) is 42.3 Å². The molecule has 0 aliphatic carbocycles. The number of methoxy groups -OCH3 is 2. The quantitative estimate of drug-likeness (QED) is 0.595. The highest BCUT2D eigenvalue weighted by molar-refractivity contribution is 7.07. The van der Waals surface area contributed by atoms with Gasteiger partial charge < -0.3 is 19.5 Å². The number of carbonyl (C=O) groups is 1. The minimum atomic E-state index is -0.139. The van der Waals surface area contributed by atoms with Gasteiger partial charge in [-0.15, -0.1) is 11.3 Å². The molecule has 1 aromatic heterocycles. The Balaban J connectivity index is 1.52. The Morgan fingerprint density at radius 3 is 2.71 bits per heavy atom. The fraction of sp³-hybridized carbons (Fsp3) is 0.238. The van der Waals surface area contributed by atoms with Crippen LogP contribution in [-0.2, 0) is 13.0 Å². The molecule has 3 rings (SSSR count). The van der Waals surface area contributed by atoms with Crippen LogP contribution >= 0.6 is 11.3 Å². The number of nitrogens with one attached hydrogen (secondary N) is 1. The highest BCUT2D eigenvalue weighted by atomic mass is 32.1. The van der Waals surface area contributed by atoms with Crippen molar-refractivity contribution in [1.82, 2.24) is 10.3 Å². The summed E-state index contributed by atoms with van der Waals surface area (Å²) in [4.78, 5) is 16.6. The Kier molecular flexibility index (Phi) is 6.86. The molecule has 146 valence electrons. The zero-order valence-electron chi connectivity index (χ0n) is 15.8. The highest BCUT2D eigenvalue weighted by Crippen LogP contribution is 2.27. The SMILES string of the molecule is COc1ccc(CCNC(=O)c2cccc(OCc3cscn3)c2)cc1OC. The van der Waals surface area contributed by atoms with Gasteiger partial charge in [0, 0.05) is 17.5 Å². The minimum Gasteiger partial charge on any atom is -0.493 e. The van der Waals surface area contributed by atoms with Gasteiger partial charge in [-0.25, -0.2) is 4.98 Å². The third kappa shape index (κ3) is 5.23. The van der Waals surface area contributed by atoms with Gasteiger partial charge in [0.15, 0.2) is 11.5 Å². The van der Waals surface area contributed by atoms with E-state index in [0.717, 1.165) is 11.3 Å². The lowest BCUT2D eigenvalue weighted by molar-refractivity contribution is 0.0953. The monoisotopic (exact) mass is 398 g/mol. The van der Waals surface area contributed by atoms with Gasteiger partial charge in [0.25, 0.3) is 5.91 Å². The van der Waals surface area contributed by atoms with E-state index in [1.165, 1.54) is 11.3 Å². The number of benzene rings is 2. The first-order valence-corrected chi connectivity index (χ1v) is 9.73. The van der Waals surface area contributed by atoms with Crippen LogP contribution in [0.1, 0.15) is 21.6 Å². The van der Waals surface area contributed by atoms with Gasteiger partial charge in [0.05, 0.1) is 25.4 Å².